The number of benzene rings is 1. The maximum Gasteiger partial charge on any atom is 0.246 e. The third-order valence-corrected chi connectivity index (χ3v) is 3.39. The second-order valence-electron chi connectivity index (χ2n) is 4.54. The van der Waals surface area contributed by atoms with Gasteiger partial charge in [-0.15, -0.1) is 0 Å². The lowest BCUT2D eigenvalue weighted by atomic mass is 10.1. The second-order valence-corrected chi connectivity index (χ2v) is 4.95. The minimum Gasteiger partial charge on any atom is -0.492 e. The molecular weight excluding hydrogens is 280 g/mol. The molecule has 0 saturated heterocycles. The summed E-state index contributed by atoms with van der Waals surface area (Å²) in [5.74, 6) is 0.522. The Morgan fingerprint density at radius 3 is 2.90 bits per heavy atom. The van der Waals surface area contributed by atoms with Crippen LogP contribution in [0.4, 0.5) is 5.69 Å². The molecule has 0 aliphatic carbocycles. The molecule has 0 spiro atoms. The fourth-order valence-corrected chi connectivity index (χ4v) is 2.39. The van der Waals surface area contributed by atoms with Crippen LogP contribution in [0, 0.1) is 0 Å². The van der Waals surface area contributed by atoms with E-state index in [1.807, 2.05) is 6.92 Å². The summed E-state index contributed by atoms with van der Waals surface area (Å²) < 4.78 is 10.6. The molecule has 0 aromatic heterocycles. The standard InChI is InChI=1S/C14H19ClN2O3/c1-3-16-13-9-7-10(15)12(20-6-4-5-19-2)8-11(9)17-14(13)18/h7-8,13,16H,3-6H2,1-2H3,(H,17,18). The lowest BCUT2D eigenvalue weighted by Gasteiger charge is -2.12. The van der Waals surface area contributed by atoms with Crippen LogP contribution in [0.5, 0.6) is 5.75 Å². The Balaban J connectivity index is 2.11. The first kappa shape index (κ1) is 15.1. The SMILES string of the molecule is CCNC1C(=O)Nc2cc(OCCCOC)c(Cl)cc21. The molecule has 6 heteroatoms. The Morgan fingerprint density at radius 1 is 1.40 bits per heavy atom. The predicted octanol–water partition coefficient (Wildman–Crippen LogP) is 2.36. The summed E-state index contributed by atoms with van der Waals surface area (Å²) in [5.41, 5.74) is 1.62. The van der Waals surface area contributed by atoms with E-state index in [1.54, 1.807) is 19.2 Å². The minimum atomic E-state index is -0.338. The molecule has 1 heterocycles. The molecular formula is C14H19ClN2O3. The molecule has 1 atom stereocenters. The van der Waals surface area contributed by atoms with E-state index in [2.05, 4.69) is 10.6 Å². The summed E-state index contributed by atoms with van der Waals surface area (Å²) in [6.45, 7) is 3.84. The summed E-state index contributed by atoms with van der Waals surface area (Å²) in [5, 5.41) is 6.48. The molecule has 1 aromatic carbocycles. The molecule has 0 fully saturated rings. The number of ether oxygens (including phenoxy) is 2. The van der Waals surface area contributed by atoms with Gasteiger partial charge in [-0.2, -0.15) is 0 Å². The highest BCUT2D eigenvalue weighted by atomic mass is 35.5. The number of hydrogen-bond acceptors (Lipinski definition) is 4. The van der Waals surface area contributed by atoms with Gasteiger partial charge in [0.05, 0.1) is 11.6 Å². The molecule has 2 N–H and O–H groups in total. The van der Waals surface area contributed by atoms with Crippen molar-refractivity contribution >= 4 is 23.2 Å². The van der Waals surface area contributed by atoms with Gasteiger partial charge >= 0.3 is 0 Å². The number of rotatable bonds is 7. The van der Waals surface area contributed by atoms with Crippen LogP contribution in [-0.2, 0) is 9.53 Å². The fourth-order valence-electron chi connectivity index (χ4n) is 2.16. The van der Waals surface area contributed by atoms with E-state index in [0.717, 1.165) is 17.7 Å². The lowest BCUT2D eigenvalue weighted by molar-refractivity contribution is -0.117. The normalized spacial score (nSPS) is 16.9. The van der Waals surface area contributed by atoms with E-state index in [4.69, 9.17) is 21.1 Å². The average Bonchev–Trinajstić information content (AvgIpc) is 2.71. The third kappa shape index (κ3) is 3.23. The van der Waals surface area contributed by atoms with Crippen molar-refractivity contribution < 1.29 is 14.3 Å². The maximum atomic E-state index is 11.9. The van der Waals surface area contributed by atoms with Gasteiger partial charge in [0.2, 0.25) is 5.91 Å². The highest BCUT2D eigenvalue weighted by molar-refractivity contribution is 6.32. The number of hydrogen-bond donors (Lipinski definition) is 2. The van der Waals surface area contributed by atoms with Crippen molar-refractivity contribution in [3.63, 3.8) is 0 Å². The molecule has 110 valence electrons. The van der Waals surface area contributed by atoms with Gasteiger partial charge in [0, 0.05) is 37.5 Å². The number of fused-ring (bicyclic) bond motifs is 1. The molecule has 20 heavy (non-hydrogen) atoms. The second kappa shape index (κ2) is 6.92. The van der Waals surface area contributed by atoms with Crippen molar-refractivity contribution in [2.24, 2.45) is 0 Å². The third-order valence-electron chi connectivity index (χ3n) is 3.09. The zero-order chi connectivity index (χ0) is 14.5. The van der Waals surface area contributed by atoms with Crippen LogP contribution in [0.15, 0.2) is 12.1 Å². The molecule has 0 saturated carbocycles. The zero-order valence-corrected chi connectivity index (χ0v) is 12.4. The number of anilines is 1. The molecule has 1 unspecified atom stereocenters. The Bertz CT molecular complexity index is 494. The monoisotopic (exact) mass is 298 g/mol. The van der Waals surface area contributed by atoms with E-state index in [0.29, 0.717) is 30.5 Å². The van der Waals surface area contributed by atoms with E-state index < -0.39 is 0 Å². The van der Waals surface area contributed by atoms with Crippen LogP contribution < -0.4 is 15.4 Å². The van der Waals surface area contributed by atoms with Gasteiger partial charge in [-0.3, -0.25) is 4.79 Å². The summed E-state index contributed by atoms with van der Waals surface area (Å²) in [6.07, 6.45) is 0.788. The number of carbonyl (C=O) groups excluding carboxylic acids is 1. The topological polar surface area (TPSA) is 59.6 Å². The van der Waals surface area contributed by atoms with E-state index in [9.17, 15) is 4.79 Å². The van der Waals surface area contributed by atoms with Gasteiger partial charge in [-0.25, -0.2) is 0 Å². The number of nitrogens with one attached hydrogen (secondary N) is 2. The van der Waals surface area contributed by atoms with Crippen LogP contribution in [0.3, 0.4) is 0 Å². The van der Waals surface area contributed by atoms with Crippen LogP contribution in [0.25, 0.3) is 0 Å². The Labute approximate surface area is 123 Å². The van der Waals surface area contributed by atoms with Gasteiger partial charge < -0.3 is 20.1 Å². The smallest absolute Gasteiger partial charge is 0.246 e. The first-order valence-electron chi connectivity index (χ1n) is 6.66. The number of amides is 1. The first-order valence-corrected chi connectivity index (χ1v) is 7.04. The van der Waals surface area contributed by atoms with E-state index in [1.165, 1.54) is 0 Å². The first-order chi connectivity index (χ1) is 9.67. The Hall–Kier alpha value is -1.30. The zero-order valence-electron chi connectivity index (χ0n) is 11.7. The molecule has 2 rings (SSSR count). The van der Waals surface area contributed by atoms with E-state index >= 15 is 0 Å². The molecule has 0 radical (unpaired) electrons. The van der Waals surface area contributed by atoms with Crippen LogP contribution in [0.2, 0.25) is 5.02 Å². The highest BCUT2D eigenvalue weighted by Gasteiger charge is 2.30. The summed E-state index contributed by atoms with van der Waals surface area (Å²) in [6, 6.07) is 3.23. The number of likely N-dealkylation sites (N-methyl/N-ethyl adjacent to an activating group) is 1. The van der Waals surface area contributed by atoms with Gasteiger partial charge in [0.15, 0.2) is 0 Å². The highest BCUT2D eigenvalue weighted by Crippen LogP contribution is 2.38. The van der Waals surface area contributed by atoms with Gasteiger partial charge in [0.25, 0.3) is 0 Å². The molecule has 5 nitrogen and oxygen atoms in total. The predicted molar refractivity (Wildman–Crippen MR) is 78.5 cm³/mol. The molecule has 0 bridgehead atoms. The van der Waals surface area contributed by atoms with Crippen LogP contribution in [0.1, 0.15) is 24.9 Å². The van der Waals surface area contributed by atoms with Crippen molar-refractivity contribution in [2.75, 3.05) is 32.2 Å². The number of carbonyl (C=O) groups is 1. The lowest BCUT2D eigenvalue weighted by Crippen LogP contribution is -2.27. The molecule has 1 aliphatic heterocycles. The van der Waals surface area contributed by atoms with Crippen molar-refractivity contribution in [1.82, 2.24) is 5.32 Å². The quantitative estimate of drug-likeness (QED) is 0.759. The van der Waals surface area contributed by atoms with Crippen LogP contribution in [-0.4, -0.2) is 32.8 Å². The minimum absolute atomic E-state index is 0.0607. The Kier molecular flexibility index (Phi) is 5.23. The fraction of sp³-hybridized carbons (Fsp3) is 0.500. The average molecular weight is 299 g/mol. The van der Waals surface area contributed by atoms with Crippen molar-refractivity contribution in [2.45, 2.75) is 19.4 Å². The van der Waals surface area contributed by atoms with Gasteiger partial charge in [-0.05, 0) is 12.6 Å². The van der Waals surface area contributed by atoms with Crippen LogP contribution >= 0.6 is 11.6 Å². The van der Waals surface area contributed by atoms with Gasteiger partial charge in [-0.1, -0.05) is 18.5 Å². The molecule has 1 amide bonds. The summed E-state index contributed by atoms with van der Waals surface area (Å²) in [4.78, 5) is 11.9. The van der Waals surface area contributed by atoms with Crippen molar-refractivity contribution in [3.05, 3.63) is 22.7 Å². The number of methoxy groups -OCH3 is 1. The number of halogens is 1. The molecule has 1 aliphatic rings. The molecule has 1 aromatic rings. The van der Waals surface area contributed by atoms with Crippen molar-refractivity contribution in [3.8, 4) is 5.75 Å². The summed E-state index contributed by atoms with van der Waals surface area (Å²) in [7, 11) is 1.65. The van der Waals surface area contributed by atoms with Crippen molar-refractivity contribution in [1.29, 1.82) is 0 Å². The van der Waals surface area contributed by atoms with Gasteiger partial charge in [0.1, 0.15) is 11.8 Å². The van der Waals surface area contributed by atoms with E-state index in [-0.39, 0.29) is 11.9 Å². The summed E-state index contributed by atoms with van der Waals surface area (Å²) >= 11 is 6.21. The largest absolute Gasteiger partial charge is 0.492 e. The maximum absolute atomic E-state index is 11.9. The Morgan fingerprint density at radius 2 is 2.20 bits per heavy atom.